The van der Waals surface area contributed by atoms with Crippen LogP contribution in [0.25, 0.3) is 0 Å². The number of ether oxygens (including phenoxy) is 2. The summed E-state index contributed by atoms with van der Waals surface area (Å²) >= 11 is 0. The van der Waals surface area contributed by atoms with Gasteiger partial charge in [-0.3, -0.25) is 14.4 Å². The zero-order valence-electron chi connectivity index (χ0n) is 24.3. The summed E-state index contributed by atoms with van der Waals surface area (Å²) in [6.45, 7) is 15.2. The number of carbonyl (C=O) groups is 3. The Hall–Kier alpha value is -2.00. The second-order valence-electron chi connectivity index (χ2n) is 15.6. The van der Waals surface area contributed by atoms with Crippen LogP contribution in [0.3, 0.4) is 0 Å². The van der Waals surface area contributed by atoms with E-state index in [1.165, 1.54) is 7.11 Å². The molecule has 1 heterocycles. The van der Waals surface area contributed by atoms with Gasteiger partial charge in [0, 0.05) is 16.7 Å². The number of epoxide rings is 1. The molecule has 0 radical (unpaired) electrons. The molecular formula is C32H43NO5. The smallest absolute Gasteiger partial charge is 0.312 e. The second-order valence-corrected chi connectivity index (χ2v) is 15.6. The molecule has 5 fully saturated rings. The second kappa shape index (κ2) is 7.19. The maximum Gasteiger partial charge on any atom is 0.312 e. The highest BCUT2D eigenvalue weighted by Crippen LogP contribution is 2.77. The molecule has 206 valence electrons. The van der Waals surface area contributed by atoms with Gasteiger partial charge in [-0.25, -0.2) is 0 Å². The summed E-state index contributed by atoms with van der Waals surface area (Å²) in [6, 6.07) is 2.24. The van der Waals surface area contributed by atoms with Crippen molar-refractivity contribution < 1.29 is 23.9 Å². The summed E-state index contributed by atoms with van der Waals surface area (Å²) in [5.74, 6) is -0.486. The minimum atomic E-state index is -1.41. The zero-order chi connectivity index (χ0) is 27.9. The van der Waals surface area contributed by atoms with Crippen LogP contribution in [-0.2, 0) is 23.9 Å². The van der Waals surface area contributed by atoms with Gasteiger partial charge in [0.1, 0.15) is 12.2 Å². The van der Waals surface area contributed by atoms with Gasteiger partial charge in [-0.15, -0.1) is 0 Å². The lowest BCUT2D eigenvalue weighted by atomic mass is 9.33. The highest BCUT2D eigenvalue weighted by molar-refractivity contribution is 6.01. The highest BCUT2D eigenvalue weighted by Gasteiger charge is 2.82. The van der Waals surface area contributed by atoms with Crippen LogP contribution in [0.1, 0.15) is 93.4 Å². The number of hydrogen-bond acceptors (Lipinski definition) is 6. The first-order valence-electron chi connectivity index (χ1n) is 14.5. The van der Waals surface area contributed by atoms with E-state index >= 15 is 0 Å². The van der Waals surface area contributed by atoms with E-state index in [9.17, 15) is 19.6 Å². The molecule has 0 aromatic rings. The third kappa shape index (κ3) is 2.66. The number of Topliss-reactive ketones (excluding diaryl/α,β-unsaturated/α-hetero) is 1. The summed E-state index contributed by atoms with van der Waals surface area (Å²) in [4.78, 5) is 41.4. The van der Waals surface area contributed by atoms with Crippen molar-refractivity contribution in [2.45, 2.75) is 105 Å². The monoisotopic (exact) mass is 521 g/mol. The van der Waals surface area contributed by atoms with Gasteiger partial charge >= 0.3 is 5.97 Å². The van der Waals surface area contributed by atoms with Gasteiger partial charge in [-0.1, -0.05) is 54.0 Å². The fourth-order valence-electron chi connectivity index (χ4n) is 11.0. The molecule has 0 aromatic carbocycles. The quantitative estimate of drug-likeness (QED) is 0.330. The number of methoxy groups -OCH3 is 1. The van der Waals surface area contributed by atoms with Crippen LogP contribution < -0.4 is 0 Å². The maximum absolute atomic E-state index is 14.5. The summed E-state index contributed by atoms with van der Waals surface area (Å²) < 4.78 is 11.5. The van der Waals surface area contributed by atoms with Gasteiger partial charge in [0.25, 0.3) is 0 Å². The minimum absolute atomic E-state index is 0.00452. The predicted molar refractivity (Wildman–Crippen MR) is 140 cm³/mol. The molecule has 0 bridgehead atoms. The van der Waals surface area contributed by atoms with Crippen molar-refractivity contribution in [1.82, 2.24) is 0 Å². The van der Waals surface area contributed by atoms with Gasteiger partial charge in [0.05, 0.1) is 12.5 Å². The van der Waals surface area contributed by atoms with Crippen molar-refractivity contribution >= 4 is 17.5 Å². The van der Waals surface area contributed by atoms with E-state index in [2.05, 4.69) is 40.7 Å². The molecule has 0 spiro atoms. The van der Waals surface area contributed by atoms with E-state index in [1.54, 1.807) is 0 Å². The summed E-state index contributed by atoms with van der Waals surface area (Å²) in [7, 11) is 1.48. The number of fused-ring (bicyclic) bond motifs is 9. The lowest BCUT2D eigenvalue weighted by Gasteiger charge is -2.69. The van der Waals surface area contributed by atoms with Crippen LogP contribution in [0.4, 0.5) is 0 Å². The third-order valence-electron chi connectivity index (χ3n) is 13.3. The van der Waals surface area contributed by atoms with E-state index in [-0.39, 0.29) is 51.5 Å². The number of hydrogen-bond donors (Lipinski definition) is 0. The summed E-state index contributed by atoms with van der Waals surface area (Å²) in [5, 5.41) is 10.1. The number of nitrogens with zero attached hydrogens (tertiary/aromatic N) is 1. The molecule has 9 atom stereocenters. The van der Waals surface area contributed by atoms with Gasteiger partial charge in [-0.05, 0) is 79.1 Å². The van der Waals surface area contributed by atoms with Gasteiger partial charge in [0.15, 0.2) is 11.6 Å². The molecule has 6 rings (SSSR count). The predicted octanol–water partition coefficient (Wildman–Crippen LogP) is 5.59. The number of carbonyl (C=O) groups excluding carboxylic acids is 3. The Morgan fingerprint density at radius 2 is 1.68 bits per heavy atom. The molecule has 0 aromatic heterocycles. The normalized spacial score (nSPS) is 51.6. The zero-order valence-corrected chi connectivity index (χ0v) is 24.3. The molecular weight excluding hydrogens is 478 g/mol. The van der Waals surface area contributed by atoms with E-state index in [0.717, 1.165) is 50.5 Å². The third-order valence-corrected chi connectivity index (χ3v) is 13.3. The fourth-order valence-corrected chi connectivity index (χ4v) is 11.0. The van der Waals surface area contributed by atoms with Crippen LogP contribution in [-0.4, -0.2) is 36.4 Å². The van der Waals surface area contributed by atoms with Crippen LogP contribution in [0.2, 0.25) is 0 Å². The Kier molecular flexibility index (Phi) is 4.97. The Morgan fingerprint density at radius 3 is 2.32 bits per heavy atom. The van der Waals surface area contributed by atoms with E-state index in [0.29, 0.717) is 0 Å². The molecule has 0 amide bonds. The van der Waals surface area contributed by atoms with Gasteiger partial charge in [-0.2, -0.15) is 5.26 Å². The van der Waals surface area contributed by atoms with Crippen molar-refractivity contribution in [3.05, 3.63) is 11.6 Å². The lowest BCUT2D eigenvalue weighted by molar-refractivity contribution is -0.192. The average molecular weight is 522 g/mol. The first-order valence-corrected chi connectivity index (χ1v) is 14.5. The molecule has 1 saturated heterocycles. The van der Waals surface area contributed by atoms with Gasteiger partial charge in [0.2, 0.25) is 5.60 Å². The molecule has 1 unspecified atom stereocenters. The molecule has 6 heteroatoms. The van der Waals surface area contributed by atoms with Crippen molar-refractivity contribution in [3.8, 4) is 6.07 Å². The van der Waals surface area contributed by atoms with Crippen molar-refractivity contribution in [1.29, 1.82) is 5.26 Å². The van der Waals surface area contributed by atoms with E-state index in [1.807, 2.05) is 19.9 Å². The molecule has 38 heavy (non-hydrogen) atoms. The summed E-state index contributed by atoms with van der Waals surface area (Å²) in [5.41, 5.74) is -2.83. The maximum atomic E-state index is 14.5. The SMILES string of the molecule is COC(=O)[C@]12CCC(C)(C)CC1[C@@H]1C(=O)C=C3[C@]4(C)[C@@H](CC[C@@]3(C)[C@]1(C)CC2)C(C)(C)C(=O)[C@@]1(C#N)O[C@@H]41. The Bertz CT molecular complexity index is 1240. The standard InChI is InChI=1S/C32H43NO5/c1-26(2)11-13-31(25(36)37-8)14-12-29(6)22(18(31)16-26)19(34)15-21-28(29,5)10-9-20-27(3,4)23(35)32(17-33)24(38-32)30(20,21)7/h15,18,20,22,24H,9-14,16H2,1-8H3/t18?,20-,22+,24-,28+,29+,30-,31-,32+/m0/s1. The lowest BCUT2D eigenvalue weighted by Crippen LogP contribution is -2.68. The molecule has 6 aliphatic rings. The van der Waals surface area contributed by atoms with Crippen molar-refractivity contribution in [3.63, 3.8) is 0 Å². The Balaban J connectivity index is 1.52. The minimum Gasteiger partial charge on any atom is -0.469 e. The van der Waals surface area contributed by atoms with E-state index < -0.39 is 27.9 Å². The first kappa shape index (κ1) is 26.2. The van der Waals surface area contributed by atoms with Crippen LogP contribution in [0, 0.1) is 61.6 Å². The number of esters is 1. The van der Waals surface area contributed by atoms with E-state index in [4.69, 9.17) is 9.47 Å². The largest absolute Gasteiger partial charge is 0.469 e. The first-order chi connectivity index (χ1) is 17.5. The molecule has 5 aliphatic carbocycles. The number of nitriles is 1. The number of allylic oxidation sites excluding steroid dienone is 1. The molecule has 0 N–H and O–H groups in total. The number of rotatable bonds is 1. The molecule has 1 aliphatic heterocycles. The fraction of sp³-hybridized carbons (Fsp3) is 0.812. The van der Waals surface area contributed by atoms with Gasteiger partial charge < -0.3 is 9.47 Å². The summed E-state index contributed by atoms with van der Waals surface area (Å²) in [6.07, 6.45) is 7.16. The molecule has 4 saturated carbocycles. The van der Waals surface area contributed by atoms with Crippen molar-refractivity contribution in [2.24, 2.45) is 50.2 Å². The van der Waals surface area contributed by atoms with Crippen LogP contribution in [0.5, 0.6) is 0 Å². The van der Waals surface area contributed by atoms with Crippen LogP contribution >= 0.6 is 0 Å². The Labute approximate surface area is 226 Å². The van der Waals surface area contributed by atoms with Crippen LogP contribution in [0.15, 0.2) is 11.6 Å². The molecule has 6 nitrogen and oxygen atoms in total. The average Bonchev–Trinajstić information content (AvgIpc) is 3.61. The van der Waals surface area contributed by atoms with Crippen molar-refractivity contribution in [2.75, 3.05) is 7.11 Å². The topological polar surface area (TPSA) is 96.8 Å². The highest BCUT2D eigenvalue weighted by atomic mass is 16.6. The number of ketones is 2. The Morgan fingerprint density at radius 1 is 1.03 bits per heavy atom.